The fourth-order valence-electron chi connectivity index (χ4n) is 2.03. The molecule has 0 spiro atoms. The Hall–Kier alpha value is -2.17. The lowest BCUT2D eigenvalue weighted by molar-refractivity contribution is 0.606. The van der Waals surface area contributed by atoms with Crippen LogP contribution in [-0.2, 0) is 0 Å². The van der Waals surface area contributed by atoms with E-state index in [1.165, 1.54) is 0 Å². The summed E-state index contributed by atoms with van der Waals surface area (Å²) in [7, 11) is 0. The summed E-state index contributed by atoms with van der Waals surface area (Å²) >= 11 is 0. The Labute approximate surface area is 126 Å². The Bertz CT molecular complexity index is 541. The van der Waals surface area contributed by atoms with Crippen molar-refractivity contribution in [3.8, 4) is 0 Å². The van der Waals surface area contributed by atoms with E-state index in [4.69, 9.17) is 0 Å². The van der Waals surface area contributed by atoms with Crippen LogP contribution in [-0.4, -0.2) is 28.3 Å². The van der Waals surface area contributed by atoms with Gasteiger partial charge in [-0.3, -0.25) is 0 Å². The summed E-state index contributed by atoms with van der Waals surface area (Å²) in [6.45, 7) is 8.18. The van der Waals surface area contributed by atoms with Crippen LogP contribution in [0.4, 0.5) is 17.5 Å². The van der Waals surface area contributed by atoms with Crippen LogP contribution < -0.4 is 10.2 Å². The number of hydrogen-bond acceptors (Lipinski definition) is 5. The molecule has 5 heteroatoms. The van der Waals surface area contributed by atoms with E-state index in [0.29, 0.717) is 11.9 Å². The predicted molar refractivity (Wildman–Crippen MR) is 86.9 cm³/mol. The second-order valence-corrected chi connectivity index (χ2v) is 5.33. The Morgan fingerprint density at radius 3 is 2.62 bits per heavy atom. The highest BCUT2D eigenvalue weighted by Crippen LogP contribution is 2.21. The van der Waals surface area contributed by atoms with Crippen LogP contribution in [0.25, 0.3) is 0 Å². The highest BCUT2D eigenvalue weighted by Gasteiger charge is 2.11. The molecule has 2 aromatic rings. The van der Waals surface area contributed by atoms with Crippen molar-refractivity contribution in [2.75, 3.05) is 23.3 Å². The predicted octanol–water partition coefficient (Wildman–Crippen LogP) is 3.49. The maximum absolute atomic E-state index is 4.56. The standard InChI is InChI=1S/C16H23N5/c1-4-21(14-8-6-5-7-9-14)16-19-15(12-18-20-16)17-11-10-13(2)3/h5-9,12-13H,4,10-11H2,1-3H3,(H,17,19,20). The number of rotatable bonds is 7. The highest BCUT2D eigenvalue weighted by atomic mass is 15.3. The fourth-order valence-corrected chi connectivity index (χ4v) is 2.03. The van der Waals surface area contributed by atoms with Gasteiger partial charge in [-0.1, -0.05) is 32.0 Å². The van der Waals surface area contributed by atoms with Gasteiger partial charge in [-0.15, -0.1) is 5.10 Å². The van der Waals surface area contributed by atoms with Gasteiger partial charge in [-0.05, 0) is 31.4 Å². The van der Waals surface area contributed by atoms with Gasteiger partial charge in [-0.25, -0.2) is 0 Å². The molecule has 1 N–H and O–H groups in total. The zero-order valence-corrected chi connectivity index (χ0v) is 13.0. The molecule has 5 nitrogen and oxygen atoms in total. The quantitative estimate of drug-likeness (QED) is 0.844. The molecule has 0 radical (unpaired) electrons. The molecule has 1 aromatic carbocycles. The average molecular weight is 285 g/mol. The molecule has 0 fully saturated rings. The van der Waals surface area contributed by atoms with Crippen molar-refractivity contribution < 1.29 is 0 Å². The summed E-state index contributed by atoms with van der Waals surface area (Å²) in [6.07, 6.45) is 2.78. The van der Waals surface area contributed by atoms with Gasteiger partial charge in [0.25, 0.3) is 5.95 Å². The van der Waals surface area contributed by atoms with Gasteiger partial charge >= 0.3 is 0 Å². The average Bonchev–Trinajstić information content (AvgIpc) is 2.49. The van der Waals surface area contributed by atoms with E-state index in [1.807, 2.05) is 35.2 Å². The molecule has 2 rings (SSSR count). The Morgan fingerprint density at radius 1 is 1.19 bits per heavy atom. The minimum atomic E-state index is 0.623. The van der Waals surface area contributed by atoms with E-state index in [1.54, 1.807) is 6.20 Å². The van der Waals surface area contributed by atoms with E-state index in [0.717, 1.165) is 31.0 Å². The lowest BCUT2D eigenvalue weighted by atomic mass is 10.1. The van der Waals surface area contributed by atoms with Crippen molar-refractivity contribution in [1.29, 1.82) is 0 Å². The lowest BCUT2D eigenvalue weighted by Crippen LogP contribution is -2.20. The summed E-state index contributed by atoms with van der Waals surface area (Å²) in [5, 5.41) is 11.5. The SMILES string of the molecule is CCN(c1ccccc1)c1nncc(NCCC(C)C)n1. The maximum Gasteiger partial charge on any atom is 0.251 e. The molecular formula is C16H23N5. The second kappa shape index (κ2) is 7.57. The van der Waals surface area contributed by atoms with E-state index in [-0.39, 0.29) is 0 Å². The molecule has 1 heterocycles. The summed E-state index contributed by atoms with van der Waals surface area (Å²) in [5.41, 5.74) is 1.07. The van der Waals surface area contributed by atoms with Gasteiger partial charge in [0.05, 0.1) is 6.20 Å². The molecule has 0 saturated heterocycles. The van der Waals surface area contributed by atoms with E-state index >= 15 is 0 Å². The topological polar surface area (TPSA) is 53.9 Å². The number of anilines is 3. The minimum absolute atomic E-state index is 0.623. The van der Waals surface area contributed by atoms with Crippen molar-refractivity contribution in [3.63, 3.8) is 0 Å². The molecule has 112 valence electrons. The molecule has 21 heavy (non-hydrogen) atoms. The largest absolute Gasteiger partial charge is 0.369 e. The molecule has 0 bridgehead atoms. The highest BCUT2D eigenvalue weighted by molar-refractivity contribution is 5.57. The Morgan fingerprint density at radius 2 is 1.95 bits per heavy atom. The zero-order valence-electron chi connectivity index (χ0n) is 13.0. The summed E-state index contributed by atoms with van der Waals surface area (Å²) in [5.74, 6) is 2.07. The van der Waals surface area contributed by atoms with Crippen LogP contribution in [0.2, 0.25) is 0 Å². The molecule has 0 aliphatic heterocycles. The van der Waals surface area contributed by atoms with Gasteiger partial charge in [0.2, 0.25) is 0 Å². The molecule has 0 aliphatic rings. The number of aromatic nitrogens is 3. The molecule has 0 aliphatic carbocycles. The Kier molecular flexibility index (Phi) is 5.49. The third-order valence-corrected chi connectivity index (χ3v) is 3.20. The van der Waals surface area contributed by atoms with Crippen molar-refractivity contribution >= 4 is 17.5 Å². The normalized spacial score (nSPS) is 10.7. The maximum atomic E-state index is 4.56. The zero-order chi connectivity index (χ0) is 15.1. The number of benzene rings is 1. The van der Waals surface area contributed by atoms with Crippen LogP contribution >= 0.6 is 0 Å². The molecule has 0 atom stereocenters. The molecule has 0 saturated carbocycles. The third kappa shape index (κ3) is 4.41. The summed E-state index contributed by atoms with van der Waals surface area (Å²) in [4.78, 5) is 6.60. The van der Waals surface area contributed by atoms with Gasteiger partial charge in [0.1, 0.15) is 0 Å². The number of nitrogens with one attached hydrogen (secondary N) is 1. The third-order valence-electron chi connectivity index (χ3n) is 3.20. The smallest absolute Gasteiger partial charge is 0.251 e. The van der Waals surface area contributed by atoms with E-state index in [9.17, 15) is 0 Å². The first-order valence-corrected chi connectivity index (χ1v) is 7.47. The minimum Gasteiger partial charge on any atom is -0.369 e. The Balaban J connectivity index is 2.11. The van der Waals surface area contributed by atoms with Crippen molar-refractivity contribution in [2.24, 2.45) is 5.92 Å². The van der Waals surface area contributed by atoms with Crippen molar-refractivity contribution in [1.82, 2.24) is 15.2 Å². The van der Waals surface area contributed by atoms with Crippen LogP contribution in [0.1, 0.15) is 27.2 Å². The van der Waals surface area contributed by atoms with Gasteiger partial charge < -0.3 is 10.2 Å². The van der Waals surface area contributed by atoms with Crippen LogP contribution in [0.15, 0.2) is 36.5 Å². The first-order valence-electron chi connectivity index (χ1n) is 7.47. The summed E-state index contributed by atoms with van der Waals surface area (Å²) in [6, 6.07) is 10.1. The lowest BCUT2D eigenvalue weighted by Gasteiger charge is -2.20. The van der Waals surface area contributed by atoms with Crippen LogP contribution in [0.3, 0.4) is 0 Å². The number of hydrogen-bond donors (Lipinski definition) is 1. The molecular weight excluding hydrogens is 262 g/mol. The van der Waals surface area contributed by atoms with Gasteiger partial charge in [0, 0.05) is 18.8 Å². The molecule has 1 aromatic heterocycles. The van der Waals surface area contributed by atoms with E-state index < -0.39 is 0 Å². The van der Waals surface area contributed by atoms with Crippen molar-refractivity contribution in [2.45, 2.75) is 27.2 Å². The second-order valence-electron chi connectivity index (χ2n) is 5.33. The van der Waals surface area contributed by atoms with Crippen LogP contribution in [0, 0.1) is 5.92 Å². The monoisotopic (exact) mass is 285 g/mol. The molecule has 0 amide bonds. The van der Waals surface area contributed by atoms with Crippen molar-refractivity contribution in [3.05, 3.63) is 36.5 Å². The van der Waals surface area contributed by atoms with Crippen LogP contribution in [0.5, 0.6) is 0 Å². The first-order chi connectivity index (χ1) is 10.2. The summed E-state index contributed by atoms with van der Waals surface area (Å²) < 4.78 is 0. The van der Waals surface area contributed by atoms with E-state index in [2.05, 4.69) is 41.3 Å². The fraction of sp³-hybridized carbons (Fsp3) is 0.438. The molecule has 0 unspecified atom stereocenters. The number of nitrogens with zero attached hydrogens (tertiary/aromatic N) is 4. The van der Waals surface area contributed by atoms with Gasteiger partial charge in [-0.2, -0.15) is 10.1 Å². The van der Waals surface area contributed by atoms with Gasteiger partial charge in [0.15, 0.2) is 5.82 Å². The first kappa shape index (κ1) is 15.2. The number of para-hydroxylation sites is 1.